The molecule has 0 aromatic rings. The predicted molar refractivity (Wildman–Crippen MR) is 69.0 cm³/mol. The SMILES string of the molecule is CC1=C(/C2=C/CCCCCCCC2)[N]C=C1. The molecule has 0 unspecified atom stereocenters. The lowest BCUT2D eigenvalue weighted by molar-refractivity contribution is 0.585. The Morgan fingerprint density at radius 2 is 1.75 bits per heavy atom. The Balaban J connectivity index is 2.04. The van der Waals surface area contributed by atoms with E-state index in [-0.39, 0.29) is 0 Å². The smallest absolute Gasteiger partial charge is 0.0688 e. The number of nitrogens with zero attached hydrogens (tertiary/aromatic N) is 1. The molecule has 1 heteroatoms. The Morgan fingerprint density at radius 3 is 2.50 bits per heavy atom. The van der Waals surface area contributed by atoms with Crippen molar-refractivity contribution in [2.75, 3.05) is 0 Å². The van der Waals surface area contributed by atoms with Gasteiger partial charge in [-0.25, -0.2) is 0 Å². The highest BCUT2D eigenvalue weighted by Gasteiger charge is 2.12. The number of hydrogen-bond donors (Lipinski definition) is 0. The largest absolute Gasteiger partial charge is 0.256 e. The van der Waals surface area contributed by atoms with Crippen LogP contribution in [0.2, 0.25) is 0 Å². The van der Waals surface area contributed by atoms with Crippen molar-refractivity contribution >= 4 is 0 Å². The minimum Gasteiger partial charge on any atom is -0.256 e. The standard InChI is InChI=1S/C15H22N/c1-13-11-12-16-15(13)14-9-7-5-3-2-4-6-8-10-14/h9,11-12H,2-8,10H2,1H3/b14-9+. The van der Waals surface area contributed by atoms with Gasteiger partial charge in [0.1, 0.15) is 0 Å². The molecule has 2 rings (SSSR count). The van der Waals surface area contributed by atoms with Crippen molar-refractivity contribution in [1.82, 2.24) is 5.32 Å². The Kier molecular flexibility index (Phi) is 4.26. The molecule has 0 atom stereocenters. The van der Waals surface area contributed by atoms with Crippen molar-refractivity contribution in [3.8, 4) is 0 Å². The first-order valence-electron chi connectivity index (χ1n) is 6.65. The summed E-state index contributed by atoms with van der Waals surface area (Å²) in [6.45, 7) is 2.17. The summed E-state index contributed by atoms with van der Waals surface area (Å²) < 4.78 is 0. The van der Waals surface area contributed by atoms with Crippen molar-refractivity contribution in [3.05, 3.63) is 35.2 Å². The number of hydrogen-bond acceptors (Lipinski definition) is 0. The van der Waals surface area contributed by atoms with Gasteiger partial charge >= 0.3 is 0 Å². The van der Waals surface area contributed by atoms with Crippen molar-refractivity contribution < 1.29 is 0 Å². The number of allylic oxidation sites excluding steroid dienone is 4. The van der Waals surface area contributed by atoms with Crippen LogP contribution in [0.25, 0.3) is 0 Å². The van der Waals surface area contributed by atoms with Crippen molar-refractivity contribution in [3.63, 3.8) is 0 Å². The first kappa shape index (κ1) is 11.5. The fraction of sp³-hybridized carbons (Fsp3) is 0.600. The van der Waals surface area contributed by atoms with Gasteiger partial charge in [-0.05, 0) is 49.8 Å². The summed E-state index contributed by atoms with van der Waals surface area (Å²) in [5, 5.41) is 4.50. The van der Waals surface area contributed by atoms with E-state index in [9.17, 15) is 0 Å². The summed E-state index contributed by atoms with van der Waals surface area (Å²) in [7, 11) is 0. The molecule has 1 aliphatic carbocycles. The van der Waals surface area contributed by atoms with Gasteiger partial charge in [-0.15, -0.1) is 0 Å². The zero-order chi connectivity index (χ0) is 11.2. The highest BCUT2D eigenvalue weighted by molar-refractivity contribution is 5.42. The fourth-order valence-corrected chi connectivity index (χ4v) is 2.50. The first-order chi connectivity index (χ1) is 7.88. The van der Waals surface area contributed by atoms with E-state index in [4.69, 9.17) is 0 Å². The minimum absolute atomic E-state index is 1.22. The summed E-state index contributed by atoms with van der Waals surface area (Å²) in [5.74, 6) is 0. The van der Waals surface area contributed by atoms with Crippen LogP contribution in [0, 0.1) is 0 Å². The van der Waals surface area contributed by atoms with Crippen LogP contribution < -0.4 is 5.32 Å². The molecule has 87 valence electrons. The molecular weight excluding hydrogens is 194 g/mol. The monoisotopic (exact) mass is 216 g/mol. The van der Waals surface area contributed by atoms with Crippen LogP contribution in [0.1, 0.15) is 58.3 Å². The van der Waals surface area contributed by atoms with Crippen LogP contribution in [0.3, 0.4) is 0 Å². The molecule has 1 nitrogen and oxygen atoms in total. The molecular formula is C15H22N. The highest BCUT2D eigenvalue weighted by Crippen LogP contribution is 2.26. The van der Waals surface area contributed by atoms with Crippen molar-refractivity contribution in [2.24, 2.45) is 0 Å². The average Bonchev–Trinajstić information content (AvgIpc) is 2.72. The molecule has 16 heavy (non-hydrogen) atoms. The van der Waals surface area contributed by atoms with Gasteiger partial charge in [0, 0.05) is 6.20 Å². The molecule has 2 aliphatic rings. The molecule has 0 fully saturated rings. The Labute approximate surface area is 99.3 Å². The second-order valence-corrected chi connectivity index (χ2v) is 4.87. The van der Waals surface area contributed by atoms with E-state index < -0.39 is 0 Å². The highest BCUT2D eigenvalue weighted by atomic mass is 14.9. The lowest BCUT2D eigenvalue weighted by atomic mass is 9.97. The van der Waals surface area contributed by atoms with Crippen LogP contribution in [-0.2, 0) is 0 Å². The lowest BCUT2D eigenvalue weighted by Crippen LogP contribution is -2.00. The Morgan fingerprint density at radius 1 is 1.00 bits per heavy atom. The van der Waals surface area contributed by atoms with Crippen LogP contribution in [-0.4, -0.2) is 0 Å². The van der Waals surface area contributed by atoms with Gasteiger partial charge in [0.2, 0.25) is 0 Å². The van der Waals surface area contributed by atoms with E-state index >= 15 is 0 Å². The predicted octanol–water partition coefficient (Wildman–Crippen LogP) is 4.45. The summed E-state index contributed by atoms with van der Waals surface area (Å²) >= 11 is 0. The van der Waals surface area contributed by atoms with E-state index in [1.165, 1.54) is 68.2 Å². The molecule has 0 aromatic heterocycles. The van der Waals surface area contributed by atoms with Crippen LogP contribution in [0.5, 0.6) is 0 Å². The van der Waals surface area contributed by atoms with E-state index in [1.807, 2.05) is 6.20 Å². The maximum atomic E-state index is 4.50. The normalized spacial score (nSPS) is 26.2. The second-order valence-electron chi connectivity index (χ2n) is 4.87. The third-order valence-corrected chi connectivity index (χ3v) is 3.50. The summed E-state index contributed by atoms with van der Waals surface area (Å²) in [6, 6.07) is 0. The van der Waals surface area contributed by atoms with Gasteiger partial charge < -0.3 is 0 Å². The van der Waals surface area contributed by atoms with Crippen LogP contribution in [0.15, 0.2) is 35.2 Å². The van der Waals surface area contributed by atoms with E-state index in [1.54, 1.807) is 0 Å². The molecule has 0 amide bonds. The maximum Gasteiger partial charge on any atom is 0.0688 e. The maximum absolute atomic E-state index is 4.50. The summed E-state index contributed by atoms with van der Waals surface area (Å²) in [5.41, 5.74) is 4.08. The molecule has 1 radical (unpaired) electrons. The Hall–Kier alpha value is -0.980. The van der Waals surface area contributed by atoms with Crippen LogP contribution in [0.4, 0.5) is 0 Å². The van der Waals surface area contributed by atoms with Gasteiger partial charge in [-0.3, -0.25) is 5.32 Å². The molecule has 1 heterocycles. The second kappa shape index (κ2) is 5.93. The van der Waals surface area contributed by atoms with Gasteiger partial charge in [0.15, 0.2) is 0 Å². The summed E-state index contributed by atoms with van der Waals surface area (Å²) in [4.78, 5) is 0. The van der Waals surface area contributed by atoms with Crippen LogP contribution >= 0.6 is 0 Å². The van der Waals surface area contributed by atoms with E-state index in [0.29, 0.717) is 0 Å². The zero-order valence-electron chi connectivity index (χ0n) is 10.3. The number of rotatable bonds is 1. The quantitative estimate of drug-likeness (QED) is 0.614. The molecule has 0 N–H and O–H groups in total. The zero-order valence-corrected chi connectivity index (χ0v) is 10.3. The third-order valence-electron chi connectivity index (χ3n) is 3.50. The molecule has 0 saturated carbocycles. The van der Waals surface area contributed by atoms with Gasteiger partial charge in [-0.1, -0.05) is 31.8 Å². The molecule has 0 bridgehead atoms. The van der Waals surface area contributed by atoms with E-state index in [0.717, 1.165) is 0 Å². The topological polar surface area (TPSA) is 14.1 Å². The van der Waals surface area contributed by atoms with Gasteiger partial charge in [0.05, 0.1) is 5.70 Å². The van der Waals surface area contributed by atoms with E-state index in [2.05, 4.69) is 24.4 Å². The lowest BCUT2D eigenvalue weighted by Gasteiger charge is -2.12. The average molecular weight is 216 g/mol. The van der Waals surface area contributed by atoms with Crippen molar-refractivity contribution in [1.29, 1.82) is 0 Å². The molecule has 0 spiro atoms. The van der Waals surface area contributed by atoms with Crippen molar-refractivity contribution in [2.45, 2.75) is 58.3 Å². The Bertz CT molecular complexity index is 320. The first-order valence-corrected chi connectivity index (χ1v) is 6.65. The fourth-order valence-electron chi connectivity index (χ4n) is 2.50. The summed E-state index contributed by atoms with van der Waals surface area (Å²) in [6.07, 6.45) is 17.3. The minimum atomic E-state index is 1.22. The third kappa shape index (κ3) is 3.01. The molecule has 0 saturated heterocycles. The molecule has 0 aromatic carbocycles. The van der Waals surface area contributed by atoms with Gasteiger partial charge in [0.25, 0.3) is 0 Å². The molecule has 1 aliphatic heterocycles. The van der Waals surface area contributed by atoms with Gasteiger partial charge in [-0.2, -0.15) is 0 Å².